The summed E-state index contributed by atoms with van der Waals surface area (Å²) in [7, 11) is 0. The molecule has 1 atom stereocenters. The van der Waals surface area contributed by atoms with Crippen molar-refractivity contribution in [3.05, 3.63) is 51.7 Å². The van der Waals surface area contributed by atoms with Gasteiger partial charge in [0.15, 0.2) is 0 Å². The van der Waals surface area contributed by atoms with Gasteiger partial charge >= 0.3 is 0 Å². The summed E-state index contributed by atoms with van der Waals surface area (Å²) in [6, 6.07) is 11.2. The summed E-state index contributed by atoms with van der Waals surface area (Å²) >= 11 is 1.80. The summed E-state index contributed by atoms with van der Waals surface area (Å²) in [4.78, 5) is 1.38. The first-order chi connectivity index (χ1) is 9.83. The van der Waals surface area contributed by atoms with Gasteiger partial charge in [0.25, 0.3) is 0 Å². The Hall–Kier alpha value is -1.32. The number of nitrogens with one attached hydrogen (secondary N) is 1. The quantitative estimate of drug-likeness (QED) is 0.812. The van der Waals surface area contributed by atoms with E-state index in [9.17, 15) is 0 Å². The van der Waals surface area contributed by atoms with Gasteiger partial charge in [0.05, 0.1) is 0 Å². The van der Waals surface area contributed by atoms with Gasteiger partial charge in [-0.3, -0.25) is 0 Å². The van der Waals surface area contributed by atoms with Crippen LogP contribution in [0.2, 0.25) is 0 Å². The highest BCUT2D eigenvalue weighted by Gasteiger charge is 2.11. The summed E-state index contributed by atoms with van der Waals surface area (Å²) in [6.45, 7) is 3.78. The lowest BCUT2D eigenvalue weighted by molar-refractivity contribution is 0.308. The van der Waals surface area contributed by atoms with Crippen molar-refractivity contribution < 1.29 is 4.74 Å². The van der Waals surface area contributed by atoms with E-state index in [-0.39, 0.29) is 0 Å². The van der Waals surface area contributed by atoms with Crippen molar-refractivity contribution in [2.75, 3.05) is 13.2 Å². The van der Waals surface area contributed by atoms with E-state index in [0.29, 0.717) is 12.6 Å². The maximum absolute atomic E-state index is 5.84. The summed E-state index contributed by atoms with van der Waals surface area (Å²) in [5.41, 5.74) is 2.98. The predicted octanol–water partition coefficient (Wildman–Crippen LogP) is 3.97. The van der Waals surface area contributed by atoms with Crippen molar-refractivity contribution >= 4 is 11.3 Å². The van der Waals surface area contributed by atoms with E-state index < -0.39 is 0 Å². The topological polar surface area (TPSA) is 21.3 Å². The molecule has 0 bridgehead atoms. The molecule has 106 valence electrons. The third kappa shape index (κ3) is 3.22. The molecule has 0 fully saturated rings. The van der Waals surface area contributed by atoms with Crippen LogP contribution in [0.4, 0.5) is 0 Å². The summed E-state index contributed by atoms with van der Waals surface area (Å²) in [5, 5.41) is 5.61. The van der Waals surface area contributed by atoms with E-state index in [1.54, 1.807) is 11.3 Å². The number of ether oxygens (including phenoxy) is 1. The predicted molar refractivity (Wildman–Crippen MR) is 84.7 cm³/mol. The largest absolute Gasteiger partial charge is 0.492 e. The van der Waals surface area contributed by atoms with Crippen molar-refractivity contribution in [3.8, 4) is 5.75 Å². The second kappa shape index (κ2) is 6.42. The van der Waals surface area contributed by atoms with E-state index in [1.165, 1.54) is 35.3 Å². The van der Waals surface area contributed by atoms with Crippen LogP contribution < -0.4 is 10.1 Å². The van der Waals surface area contributed by atoms with Crippen LogP contribution in [0.25, 0.3) is 0 Å². The van der Waals surface area contributed by atoms with Crippen LogP contribution >= 0.6 is 11.3 Å². The van der Waals surface area contributed by atoms with Gasteiger partial charge < -0.3 is 10.1 Å². The number of thiophene rings is 1. The van der Waals surface area contributed by atoms with Gasteiger partial charge in [-0.1, -0.05) is 12.1 Å². The molecule has 3 rings (SSSR count). The lowest BCUT2D eigenvalue weighted by atomic mass is 10.1. The fraction of sp³-hybridized carbons (Fsp3) is 0.412. The van der Waals surface area contributed by atoms with Gasteiger partial charge in [0, 0.05) is 17.5 Å². The zero-order valence-corrected chi connectivity index (χ0v) is 12.7. The molecule has 1 unspecified atom stereocenters. The Labute approximate surface area is 124 Å². The Kier molecular flexibility index (Phi) is 4.38. The summed E-state index contributed by atoms with van der Waals surface area (Å²) in [5.74, 6) is 1.01. The van der Waals surface area contributed by atoms with E-state index in [4.69, 9.17) is 4.74 Å². The molecule has 20 heavy (non-hydrogen) atoms. The molecular formula is C17H21NOS. The standard InChI is InChI=1S/C17H21NOS/c1-13(17-6-3-11-20-17)18-9-10-19-16-8-7-14-4-2-5-15(14)12-16/h3,6-8,11-13,18H,2,4-5,9-10H2,1H3. The van der Waals surface area contributed by atoms with Crippen LogP contribution in [0.3, 0.4) is 0 Å². The van der Waals surface area contributed by atoms with Crippen LogP contribution in [0.15, 0.2) is 35.7 Å². The van der Waals surface area contributed by atoms with E-state index >= 15 is 0 Å². The Morgan fingerprint density at radius 3 is 3.00 bits per heavy atom. The molecular weight excluding hydrogens is 266 g/mol. The first-order valence-corrected chi connectivity index (χ1v) is 8.22. The van der Waals surface area contributed by atoms with Crippen LogP contribution in [0.1, 0.15) is 35.4 Å². The fourth-order valence-electron chi connectivity index (χ4n) is 2.72. The molecule has 0 radical (unpaired) electrons. The molecule has 1 aliphatic carbocycles. The van der Waals surface area contributed by atoms with E-state index in [0.717, 1.165) is 12.3 Å². The molecule has 1 N–H and O–H groups in total. The van der Waals surface area contributed by atoms with Crippen molar-refractivity contribution in [2.24, 2.45) is 0 Å². The second-order valence-corrected chi connectivity index (χ2v) is 6.30. The minimum Gasteiger partial charge on any atom is -0.492 e. The second-order valence-electron chi connectivity index (χ2n) is 5.32. The number of fused-ring (bicyclic) bond motifs is 1. The highest BCUT2D eigenvalue weighted by molar-refractivity contribution is 7.10. The maximum atomic E-state index is 5.84. The summed E-state index contributed by atoms with van der Waals surface area (Å²) in [6.07, 6.45) is 3.73. The van der Waals surface area contributed by atoms with Gasteiger partial charge in [-0.25, -0.2) is 0 Å². The molecule has 0 spiro atoms. The smallest absolute Gasteiger partial charge is 0.119 e. The lowest BCUT2D eigenvalue weighted by Gasteiger charge is -2.13. The van der Waals surface area contributed by atoms with Crippen molar-refractivity contribution in [3.63, 3.8) is 0 Å². The highest BCUT2D eigenvalue weighted by Crippen LogP contribution is 2.26. The van der Waals surface area contributed by atoms with Gasteiger partial charge in [0.2, 0.25) is 0 Å². The minimum absolute atomic E-state index is 0.402. The zero-order valence-electron chi connectivity index (χ0n) is 11.9. The van der Waals surface area contributed by atoms with Crippen LogP contribution in [0, 0.1) is 0 Å². The van der Waals surface area contributed by atoms with Crippen molar-refractivity contribution in [1.29, 1.82) is 0 Å². The number of hydrogen-bond donors (Lipinski definition) is 1. The van der Waals surface area contributed by atoms with Gasteiger partial charge in [-0.05, 0) is 60.9 Å². The maximum Gasteiger partial charge on any atom is 0.119 e. The molecule has 3 heteroatoms. The molecule has 1 aromatic heterocycles. The first kappa shape index (κ1) is 13.7. The van der Waals surface area contributed by atoms with Crippen LogP contribution in [-0.4, -0.2) is 13.2 Å². The van der Waals surface area contributed by atoms with Gasteiger partial charge in [0.1, 0.15) is 12.4 Å². The van der Waals surface area contributed by atoms with Gasteiger partial charge in [-0.15, -0.1) is 11.3 Å². The molecule has 1 heterocycles. The number of hydrogen-bond acceptors (Lipinski definition) is 3. The van der Waals surface area contributed by atoms with E-state index in [2.05, 4.69) is 48.0 Å². The SMILES string of the molecule is CC(NCCOc1ccc2c(c1)CCC2)c1cccs1. The summed E-state index contributed by atoms with van der Waals surface area (Å²) < 4.78 is 5.84. The average molecular weight is 287 g/mol. The lowest BCUT2D eigenvalue weighted by Crippen LogP contribution is -2.23. The molecule has 1 aromatic carbocycles. The van der Waals surface area contributed by atoms with Crippen LogP contribution in [-0.2, 0) is 12.8 Å². The molecule has 2 nitrogen and oxygen atoms in total. The van der Waals surface area contributed by atoms with E-state index in [1.807, 2.05) is 0 Å². The Balaban J connectivity index is 1.44. The monoisotopic (exact) mass is 287 g/mol. The average Bonchev–Trinajstić information content (AvgIpc) is 3.13. The zero-order chi connectivity index (χ0) is 13.8. The molecule has 1 aliphatic rings. The third-order valence-corrected chi connectivity index (χ3v) is 4.92. The molecule has 0 saturated heterocycles. The number of rotatable bonds is 6. The minimum atomic E-state index is 0.402. The Bertz CT molecular complexity index is 550. The third-order valence-electron chi connectivity index (χ3n) is 3.86. The van der Waals surface area contributed by atoms with Crippen LogP contribution in [0.5, 0.6) is 5.75 Å². The van der Waals surface area contributed by atoms with Crippen molar-refractivity contribution in [2.45, 2.75) is 32.2 Å². The molecule has 0 saturated carbocycles. The Morgan fingerprint density at radius 1 is 1.25 bits per heavy atom. The van der Waals surface area contributed by atoms with Crippen molar-refractivity contribution in [1.82, 2.24) is 5.32 Å². The normalized spacial score (nSPS) is 15.1. The molecule has 0 amide bonds. The molecule has 0 aliphatic heterocycles. The number of benzene rings is 1. The number of aryl methyl sites for hydroxylation is 2. The first-order valence-electron chi connectivity index (χ1n) is 7.34. The highest BCUT2D eigenvalue weighted by atomic mass is 32.1. The van der Waals surface area contributed by atoms with Gasteiger partial charge in [-0.2, -0.15) is 0 Å². The fourth-order valence-corrected chi connectivity index (χ4v) is 3.48. The Morgan fingerprint density at radius 2 is 2.15 bits per heavy atom. The molecule has 2 aromatic rings.